The minimum absolute atomic E-state index is 0.331. The van der Waals surface area contributed by atoms with Crippen molar-refractivity contribution in [1.29, 1.82) is 0 Å². The van der Waals surface area contributed by atoms with Crippen molar-refractivity contribution in [3.8, 4) is 0 Å². The number of hydrogen-bond donors (Lipinski definition) is 0. The molecule has 104 valence electrons. The summed E-state index contributed by atoms with van der Waals surface area (Å²) in [6.45, 7) is 2.17. The summed E-state index contributed by atoms with van der Waals surface area (Å²) in [5.74, 6) is -0.331. The summed E-state index contributed by atoms with van der Waals surface area (Å²) in [7, 11) is 0. The van der Waals surface area contributed by atoms with E-state index in [1.165, 1.54) is 6.08 Å². The van der Waals surface area contributed by atoms with Crippen LogP contribution in [0.2, 0.25) is 0 Å². The van der Waals surface area contributed by atoms with Crippen molar-refractivity contribution in [1.82, 2.24) is 4.98 Å². The molecule has 1 aromatic heterocycles. The summed E-state index contributed by atoms with van der Waals surface area (Å²) in [5, 5.41) is 2.05. The van der Waals surface area contributed by atoms with E-state index < -0.39 is 0 Å². The van der Waals surface area contributed by atoms with Gasteiger partial charge in [0.05, 0.1) is 17.6 Å². The molecule has 3 heteroatoms. The predicted octanol–water partition coefficient (Wildman–Crippen LogP) is 3.96. The highest BCUT2D eigenvalue weighted by Gasteiger charge is 2.06. The SMILES string of the molecule is CCOC(=O)/C=C/c1c2ccccc2nc2ccccc12. The van der Waals surface area contributed by atoms with Crippen LogP contribution in [0.3, 0.4) is 0 Å². The molecule has 0 spiro atoms. The summed E-state index contributed by atoms with van der Waals surface area (Å²) in [6.07, 6.45) is 3.28. The second-order valence-electron chi connectivity index (χ2n) is 4.65. The second kappa shape index (κ2) is 5.75. The van der Waals surface area contributed by atoms with E-state index in [1.807, 2.05) is 54.6 Å². The van der Waals surface area contributed by atoms with Crippen molar-refractivity contribution in [2.75, 3.05) is 6.61 Å². The van der Waals surface area contributed by atoms with Gasteiger partial charge in [-0.05, 0) is 30.7 Å². The molecule has 0 radical (unpaired) electrons. The maximum Gasteiger partial charge on any atom is 0.330 e. The number of nitrogens with zero attached hydrogens (tertiary/aromatic N) is 1. The third kappa shape index (κ3) is 2.63. The Hall–Kier alpha value is -2.68. The Kier molecular flexibility index (Phi) is 3.65. The number of fused-ring (bicyclic) bond motifs is 2. The zero-order valence-electron chi connectivity index (χ0n) is 11.7. The fraction of sp³-hybridized carbons (Fsp3) is 0.111. The Balaban J connectivity index is 2.23. The lowest BCUT2D eigenvalue weighted by molar-refractivity contribution is -0.137. The highest BCUT2D eigenvalue weighted by molar-refractivity contribution is 6.04. The van der Waals surface area contributed by atoms with Gasteiger partial charge in [-0.3, -0.25) is 0 Å². The van der Waals surface area contributed by atoms with E-state index in [4.69, 9.17) is 4.74 Å². The number of hydrogen-bond acceptors (Lipinski definition) is 3. The van der Waals surface area contributed by atoms with Crippen LogP contribution in [-0.4, -0.2) is 17.6 Å². The third-order valence-corrected chi connectivity index (χ3v) is 3.30. The Bertz CT molecular complexity index is 783. The molecule has 2 aromatic carbocycles. The maximum absolute atomic E-state index is 11.6. The average molecular weight is 277 g/mol. The lowest BCUT2D eigenvalue weighted by Crippen LogP contribution is -1.98. The van der Waals surface area contributed by atoms with Gasteiger partial charge in [0.25, 0.3) is 0 Å². The molecule has 0 saturated carbocycles. The minimum Gasteiger partial charge on any atom is -0.463 e. The molecule has 0 aliphatic rings. The summed E-state index contributed by atoms with van der Waals surface area (Å²) >= 11 is 0. The number of ether oxygens (including phenoxy) is 1. The summed E-state index contributed by atoms with van der Waals surface area (Å²) in [6, 6.07) is 15.8. The van der Waals surface area contributed by atoms with Gasteiger partial charge in [-0.2, -0.15) is 0 Å². The van der Waals surface area contributed by atoms with Crippen LogP contribution >= 0.6 is 0 Å². The van der Waals surface area contributed by atoms with Crippen LogP contribution in [0.25, 0.3) is 27.9 Å². The van der Waals surface area contributed by atoms with Crippen molar-refractivity contribution >= 4 is 33.9 Å². The molecule has 3 nitrogen and oxygen atoms in total. The van der Waals surface area contributed by atoms with Crippen molar-refractivity contribution < 1.29 is 9.53 Å². The molecule has 0 N–H and O–H groups in total. The Morgan fingerprint density at radius 1 is 1.05 bits per heavy atom. The molecule has 0 aliphatic carbocycles. The van der Waals surface area contributed by atoms with E-state index in [2.05, 4.69) is 4.98 Å². The van der Waals surface area contributed by atoms with E-state index in [9.17, 15) is 4.79 Å². The lowest BCUT2D eigenvalue weighted by Gasteiger charge is -2.07. The highest BCUT2D eigenvalue weighted by Crippen LogP contribution is 2.26. The van der Waals surface area contributed by atoms with E-state index in [0.717, 1.165) is 27.4 Å². The van der Waals surface area contributed by atoms with Crippen LogP contribution in [0.4, 0.5) is 0 Å². The maximum atomic E-state index is 11.6. The van der Waals surface area contributed by atoms with Gasteiger partial charge >= 0.3 is 5.97 Å². The Morgan fingerprint density at radius 3 is 2.19 bits per heavy atom. The van der Waals surface area contributed by atoms with E-state index in [-0.39, 0.29) is 5.97 Å². The number of esters is 1. The number of aromatic nitrogens is 1. The van der Waals surface area contributed by atoms with Gasteiger partial charge in [-0.25, -0.2) is 9.78 Å². The first-order valence-electron chi connectivity index (χ1n) is 6.92. The first-order chi connectivity index (χ1) is 10.3. The predicted molar refractivity (Wildman–Crippen MR) is 84.9 cm³/mol. The largest absolute Gasteiger partial charge is 0.463 e. The molecule has 0 bridgehead atoms. The van der Waals surface area contributed by atoms with Gasteiger partial charge in [0.1, 0.15) is 0 Å². The second-order valence-corrected chi connectivity index (χ2v) is 4.65. The number of benzene rings is 2. The molecule has 1 heterocycles. The van der Waals surface area contributed by atoms with Crippen molar-refractivity contribution in [3.05, 3.63) is 60.2 Å². The molecule has 0 unspecified atom stereocenters. The average Bonchev–Trinajstić information content (AvgIpc) is 2.51. The van der Waals surface area contributed by atoms with Crippen LogP contribution < -0.4 is 0 Å². The number of carbonyl (C=O) groups excluding carboxylic acids is 1. The smallest absolute Gasteiger partial charge is 0.330 e. The van der Waals surface area contributed by atoms with Gasteiger partial charge in [0.2, 0.25) is 0 Å². The molecular weight excluding hydrogens is 262 g/mol. The highest BCUT2D eigenvalue weighted by atomic mass is 16.5. The molecule has 21 heavy (non-hydrogen) atoms. The minimum atomic E-state index is -0.331. The van der Waals surface area contributed by atoms with E-state index >= 15 is 0 Å². The van der Waals surface area contributed by atoms with Crippen LogP contribution in [0.1, 0.15) is 12.5 Å². The van der Waals surface area contributed by atoms with Gasteiger partial charge in [0, 0.05) is 16.8 Å². The first kappa shape index (κ1) is 13.3. The zero-order valence-corrected chi connectivity index (χ0v) is 11.7. The van der Waals surface area contributed by atoms with Crippen LogP contribution in [-0.2, 0) is 9.53 Å². The Morgan fingerprint density at radius 2 is 1.62 bits per heavy atom. The number of carbonyl (C=O) groups is 1. The fourth-order valence-electron chi connectivity index (χ4n) is 2.39. The van der Waals surface area contributed by atoms with Gasteiger partial charge < -0.3 is 4.74 Å². The molecule has 3 aromatic rings. The van der Waals surface area contributed by atoms with Gasteiger partial charge in [0.15, 0.2) is 0 Å². The normalized spacial score (nSPS) is 11.3. The molecule has 3 rings (SSSR count). The molecule has 0 atom stereocenters. The number of para-hydroxylation sites is 2. The van der Waals surface area contributed by atoms with E-state index in [0.29, 0.717) is 6.61 Å². The third-order valence-electron chi connectivity index (χ3n) is 3.30. The zero-order chi connectivity index (χ0) is 14.7. The van der Waals surface area contributed by atoms with Gasteiger partial charge in [-0.15, -0.1) is 0 Å². The first-order valence-corrected chi connectivity index (χ1v) is 6.92. The quantitative estimate of drug-likeness (QED) is 0.413. The monoisotopic (exact) mass is 277 g/mol. The summed E-state index contributed by atoms with van der Waals surface area (Å²) < 4.78 is 4.95. The van der Waals surface area contributed by atoms with Crippen LogP contribution in [0.15, 0.2) is 54.6 Å². The standard InChI is InChI=1S/C18H15NO2/c1-2-21-18(20)12-11-13-14-7-3-5-9-16(14)19-17-10-6-4-8-15(13)17/h3-12H,2H2,1H3/b12-11+. The Labute approximate surface area is 122 Å². The summed E-state index contributed by atoms with van der Waals surface area (Å²) in [5.41, 5.74) is 2.82. The van der Waals surface area contributed by atoms with Crippen LogP contribution in [0, 0.1) is 0 Å². The van der Waals surface area contributed by atoms with Crippen molar-refractivity contribution in [2.24, 2.45) is 0 Å². The van der Waals surface area contributed by atoms with Crippen molar-refractivity contribution in [2.45, 2.75) is 6.92 Å². The lowest BCUT2D eigenvalue weighted by atomic mass is 10.0. The van der Waals surface area contributed by atoms with Crippen molar-refractivity contribution in [3.63, 3.8) is 0 Å². The number of rotatable bonds is 3. The molecular formula is C18H15NO2. The molecule has 0 amide bonds. The van der Waals surface area contributed by atoms with Crippen LogP contribution in [0.5, 0.6) is 0 Å². The molecule has 0 saturated heterocycles. The number of pyridine rings is 1. The fourth-order valence-corrected chi connectivity index (χ4v) is 2.39. The van der Waals surface area contributed by atoms with Gasteiger partial charge in [-0.1, -0.05) is 36.4 Å². The summed E-state index contributed by atoms with van der Waals surface area (Å²) in [4.78, 5) is 16.2. The topological polar surface area (TPSA) is 39.2 Å². The molecule has 0 fully saturated rings. The molecule has 0 aliphatic heterocycles. The van der Waals surface area contributed by atoms with E-state index in [1.54, 1.807) is 6.92 Å².